The number of anilines is 1. The Morgan fingerprint density at radius 1 is 1.05 bits per heavy atom. The monoisotopic (exact) mass is 329 g/mol. The second-order valence-corrected chi connectivity index (χ2v) is 6.31. The van der Waals surface area contributed by atoms with E-state index < -0.39 is 0 Å². The lowest BCUT2D eigenvalue weighted by molar-refractivity contribution is -0.113. The van der Waals surface area contributed by atoms with Crippen molar-refractivity contribution in [3.8, 4) is 11.5 Å². The van der Waals surface area contributed by atoms with Crippen LogP contribution in [0.1, 0.15) is 5.56 Å². The number of hydrogen-bond donors (Lipinski definition) is 2. The number of phenolic OH excluding ortho intramolecular Hbond substituents is 2. The average molecular weight is 329 g/mol. The minimum atomic E-state index is -0.246. The van der Waals surface area contributed by atoms with Gasteiger partial charge in [0.25, 0.3) is 5.91 Å². The molecular weight excluding hydrogens is 318 g/mol. The minimum Gasteiger partial charge on any atom is -0.508 e. The van der Waals surface area contributed by atoms with Crippen molar-refractivity contribution in [2.24, 2.45) is 0 Å². The number of phenols is 2. The van der Waals surface area contributed by atoms with E-state index in [0.717, 1.165) is 5.56 Å². The van der Waals surface area contributed by atoms with Gasteiger partial charge in [0.05, 0.1) is 10.6 Å². The topological polar surface area (TPSA) is 60.8 Å². The number of hydrogen-bond acceptors (Lipinski definition) is 5. The van der Waals surface area contributed by atoms with Crippen molar-refractivity contribution in [1.29, 1.82) is 0 Å². The molecule has 1 aliphatic rings. The highest BCUT2D eigenvalue weighted by Gasteiger charge is 2.33. The zero-order chi connectivity index (χ0) is 15.7. The van der Waals surface area contributed by atoms with Gasteiger partial charge in [-0.05, 0) is 35.9 Å². The van der Waals surface area contributed by atoms with Crippen molar-refractivity contribution in [3.05, 3.63) is 59.0 Å². The third-order valence-corrected chi connectivity index (χ3v) is 4.35. The van der Waals surface area contributed by atoms with Crippen LogP contribution in [0.5, 0.6) is 11.5 Å². The van der Waals surface area contributed by atoms with Gasteiger partial charge in [0, 0.05) is 6.07 Å². The zero-order valence-corrected chi connectivity index (χ0v) is 12.9. The van der Waals surface area contributed by atoms with Crippen LogP contribution in [0, 0.1) is 0 Å². The molecule has 0 aromatic heterocycles. The molecule has 0 radical (unpaired) electrons. The van der Waals surface area contributed by atoms with Crippen LogP contribution in [0.3, 0.4) is 0 Å². The highest BCUT2D eigenvalue weighted by Crippen LogP contribution is 2.37. The minimum absolute atomic E-state index is 0.0727. The summed E-state index contributed by atoms with van der Waals surface area (Å²) in [5, 5.41) is 19.0. The zero-order valence-electron chi connectivity index (χ0n) is 11.3. The van der Waals surface area contributed by atoms with Gasteiger partial charge in [-0.25, -0.2) is 0 Å². The summed E-state index contributed by atoms with van der Waals surface area (Å²) in [6.45, 7) is 0. The van der Waals surface area contributed by atoms with Crippen molar-refractivity contribution >= 4 is 46.0 Å². The third-order valence-electron chi connectivity index (χ3n) is 3.05. The lowest BCUT2D eigenvalue weighted by Gasteiger charge is -2.14. The lowest BCUT2D eigenvalue weighted by atomic mass is 10.2. The molecule has 2 aromatic carbocycles. The Morgan fingerprint density at radius 2 is 1.73 bits per heavy atom. The number of amides is 1. The SMILES string of the molecule is O=C1C(=Cc2cccc(O)c2)SC(=S)N1c1cccc(O)c1. The molecular formula is C16H11NO3S2. The Morgan fingerprint density at radius 3 is 2.41 bits per heavy atom. The van der Waals surface area contributed by atoms with Gasteiger partial charge in [-0.1, -0.05) is 42.2 Å². The fraction of sp³-hybridized carbons (Fsp3) is 0. The smallest absolute Gasteiger partial charge is 0.270 e. The number of carbonyl (C=O) groups is 1. The van der Waals surface area contributed by atoms with Crippen molar-refractivity contribution in [1.82, 2.24) is 0 Å². The van der Waals surface area contributed by atoms with Gasteiger partial charge in [-0.15, -0.1) is 0 Å². The van der Waals surface area contributed by atoms with E-state index >= 15 is 0 Å². The second kappa shape index (κ2) is 5.82. The third kappa shape index (κ3) is 2.84. The average Bonchev–Trinajstić information content (AvgIpc) is 2.73. The molecule has 1 fully saturated rings. The van der Waals surface area contributed by atoms with E-state index in [1.807, 2.05) is 0 Å². The van der Waals surface area contributed by atoms with Crippen LogP contribution >= 0.6 is 24.0 Å². The van der Waals surface area contributed by atoms with E-state index in [1.165, 1.54) is 28.8 Å². The standard InChI is InChI=1S/C16H11NO3S2/c18-12-5-1-3-10(7-12)8-14-15(20)17(16(21)22-14)11-4-2-6-13(19)9-11/h1-9,18-19H. The summed E-state index contributed by atoms with van der Waals surface area (Å²) in [5.74, 6) is -0.0373. The van der Waals surface area contributed by atoms with Gasteiger partial charge in [-0.2, -0.15) is 0 Å². The van der Waals surface area contributed by atoms with E-state index in [-0.39, 0.29) is 17.4 Å². The number of thiocarbonyl (C=S) groups is 1. The molecule has 0 unspecified atom stereocenters. The first-order valence-electron chi connectivity index (χ1n) is 6.40. The summed E-state index contributed by atoms with van der Waals surface area (Å²) in [7, 11) is 0. The van der Waals surface area contributed by atoms with Crippen LogP contribution < -0.4 is 4.90 Å². The molecule has 2 aromatic rings. The Bertz CT molecular complexity index is 801. The first-order chi connectivity index (χ1) is 10.5. The molecule has 6 heteroatoms. The molecule has 1 saturated heterocycles. The molecule has 1 heterocycles. The fourth-order valence-corrected chi connectivity index (χ4v) is 3.39. The summed E-state index contributed by atoms with van der Waals surface area (Å²) in [6.07, 6.45) is 1.68. The van der Waals surface area contributed by atoms with Crippen LogP contribution in [-0.2, 0) is 4.79 Å². The van der Waals surface area contributed by atoms with E-state index in [9.17, 15) is 15.0 Å². The first-order valence-corrected chi connectivity index (χ1v) is 7.63. The van der Waals surface area contributed by atoms with Crippen molar-refractivity contribution in [3.63, 3.8) is 0 Å². The number of thioether (sulfide) groups is 1. The summed E-state index contributed by atoms with van der Waals surface area (Å²) in [6, 6.07) is 13.0. The van der Waals surface area contributed by atoms with Crippen molar-refractivity contribution in [2.45, 2.75) is 0 Å². The van der Waals surface area contributed by atoms with Gasteiger partial charge in [0.2, 0.25) is 0 Å². The highest BCUT2D eigenvalue weighted by atomic mass is 32.2. The predicted octanol–water partition coefficient (Wildman–Crippen LogP) is 3.50. The predicted molar refractivity (Wildman–Crippen MR) is 91.9 cm³/mol. The van der Waals surface area contributed by atoms with Gasteiger partial charge in [0.1, 0.15) is 11.5 Å². The number of carbonyl (C=O) groups excluding carboxylic acids is 1. The van der Waals surface area contributed by atoms with Gasteiger partial charge >= 0.3 is 0 Å². The van der Waals surface area contributed by atoms with E-state index in [0.29, 0.717) is 14.9 Å². The van der Waals surface area contributed by atoms with E-state index in [4.69, 9.17) is 12.2 Å². The Hall–Kier alpha value is -2.31. The Balaban J connectivity index is 1.95. The second-order valence-electron chi connectivity index (χ2n) is 4.63. The lowest BCUT2D eigenvalue weighted by Crippen LogP contribution is -2.27. The van der Waals surface area contributed by atoms with Crippen LogP contribution in [0.25, 0.3) is 6.08 Å². The maximum atomic E-state index is 12.5. The Kier molecular flexibility index (Phi) is 3.87. The maximum absolute atomic E-state index is 12.5. The van der Waals surface area contributed by atoms with Crippen LogP contribution in [0.2, 0.25) is 0 Å². The van der Waals surface area contributed by atoms with Crippen LogP contribution in [-0.4, -0.2) is 20.4 Å². The molecule has 110 valence electrons. The summed E-state index contributed by atoms with van der Waals surface area (Å²) in [5.41, 5.74) is 1.25. The largest absolute Gasteiger partial charge is 0.508 e. The fourth-order valence-electron chi connectivity index (χ4n) is 2.09. The summed E-state index contributed by atoms with van der Waals surface area (Å²) >= 11 is 6.45. The van der Waals surface area contributed by atoms with Crippen LogP contribution in [0.4, 0.5) is 5.69 Å². The molecule has 1 aliphatic heterocycles. The van der Waals surface area contributed by atoms with Gasteiger partial charge in [0.15, 0.2) is 4.32 Å². The first kappa shape index (κ1) is 14.6. The van der Waals surface area contributed by atoms with Gasteiger partial charge in [-0.3, -0.25) is 9.69 Å². The molecule has 1 amide bonds. The maximum Gasteiger partial charge on any atom is 0.270 e. The van der Waals surface area contributed by atoms with Crippen molar-refractivity contribution in [2.75, 3.05) is 4.90 Å². The van der Waals surface area contributed by atoms with Crippen LogP contribution in [0.15, 0.2) is 53.4 Å². The molecule has 2 N–H and O–H groups in total. The number of aromatic hydroxyl groups is 2. The number of rotatable bonds is 2. The van der Waals surface area contributed by atoms with Crippen molar-refractivity contribution < 1.29 is 15.0 Å². The molecule has 0 spiro atoms. The molecule has 0 saturated carbocycles. The van der Waals surface area contributed by atoms with E-state index in [1.54, 1.807) is 42.5 Å². The summed E-state index contributed by atoms with van der Waals surface area (Å²) in [4.78, 5) is 14.4. The highest BCUT2D eigenvalue weighted by molar-refractivity contribution is 8.27. The molecule has 4 nitrogen and oxygen atoms in total. The number of nitrogens with zero attached hydrogens (tertiary/aromatic N) is 1. The normalized spacial score (nSPS) is 16.5. The number of benzene rings is 2. The molecule has 0 aliphatic carbocycles. The molecule has 3 rings (SSSR count). The molecule has 0 atom stereocenters. The quantitative estimate of drug-likeness (QED) is 0.652. The molecule has 22 heavy (non-hydrogen) atoms. The Labute approximate surface area is 136 Å². The summed E-state index contributed by atoms with van der Waals surface area (Å²) < 4.78 is 0.405. The van der Waals surface area contributed by atoms with E-state index in [2.05, 4.69) is 0 Å². The molecule has 0 bridgehead atoms. The van der Waals surface area contributed by atoms with Gasteiger partial charge < -0.3 is 10.2 Å².